The van der Waals surface area contributed by atoms with Crippen LogP contribution in [0.2, 0.25) is 0 Å². The summed E-state index contributed by atoms with van der Waals surface area (Å²) in [6, 6.07) is 3.51. The maximum Gasteiger partial charge on any atom is 0.345 e. The van der Waals surface area contributed by atoms with Crippen LogP contribution in [0.3, 0.4) is 0 Å². The highest BCUT2D eigenvalue weighted by atomic mass is 32.1. The largest absolute Gasteiger partial charge is 0.477 e. The van der Waals surface area contributed by atoms with Crippen molar-refractivity contribution in [3.05, 3.63) is 40.3 Å². The number of aromatic nitrogens is 2. The average Bonchev–Trinajstić information content (AvgIpc) is 2.75. The second-order valence-corrected chi connectivity index (χ2v) is 3.74. The van der Waals surface area contributed by atoms with Crippen LogP contribution in [0.4, 0.5) is 0 Å². The topological polar surface area (TPSA) is 55.1 Å². The molecule has 0 aliphatic carbocycles. The summed E-state index contributed by atoms with van der Waals surface area (Å²) in [6.45, 7) is 0.622. The van der Waals surface area contributed by atoms with Crippen LogP contribution in [0.5, 0.6) is 0 Å². The molecule has 0 aromatic carbocycles. The van der Waals surface area contributed by atoms with Crippen molar-refractivity contribution in [2.45, 2.75) is 6.54 Å². The van der Waals surface area contributed by atoms with Crippen LogP contribution in [-0.4, -0.2) is 20.9 Å². The standard InChI is InChI=1S/C9H8N2O2S/c12-9(13)8-4-7(6-14-8)5-11-3-1-2-10-11/h1-4,6H,5H2,(H,12,13). The minimum atomic E-state index is -0.873. The molecule has 0 unspecified atom stereocenters. The van der Waals surface area contributed by atoms with Crippen LogP contribution in [0.1, 0.15) is 15.2 Å². The highest BCUT2D eigenvalue weighted by molar-refractivity contribution is 7.12. The summed E-state index contributed by atoms with van der Waals surface area (Å²) in [6.07, 6.45) is 3.54. The summed E-state index contributed by atoms with van der Waals surface area (Å²) < 4.78 is 1.76. The van der Waals surface area contributed by atoms with Gasteiger partial charge in [-0.15, -0.1) is 11.3 Å². The third-order valence-electron chi connectivity index (χ3n) is 1.77. The summed E-state index contributed by atoms with van der Waals surface area (Å²) in [5, 5.41) is 14.6. The van der Waals surface area contributed by atoms with Gasteiger partial charge in [-0.1, -0.05) is 0 Å². The van der Waals surface area contributed by atoms with Crippen LogP contribution < -0.4 is 0 Å². The number of rotatable bonds is 3. The third-order valence-corrected chi connectivity index (χ3v) is 2.74. The Hall–Kier alpha value is -1.62. The first-order valence-electron chi connectivity index (χ1n) is 4.04. The first kappa shape index (κ1) is 8.96. The van der Waals surface area contributed by atoms with Crippen molar-refractivity contribution in [2.75, 3.05) is 0 Å². The Morgan fingerprint density at radius 2 is 2.50 bits per heavy atom. The van der Waals surface area contributed by atoms with Crippen molar-refractivity contribution in [3.8, 4) is 0 Å². The first-order chi connectivity index (χ1) is 6.75. The molecular formula is C9H8N2O2S. The van der Waals surface area contributed by atoms with E-state index in [1.54, 1.807) is 16.9 Å². The number of carboxylic acid groups (broad SMARTS) is 1. The highest BCUT2D eigenvalue weighted by Crippen LogP contribution is 2.15. The van der Waals surface area contributed by atoms with E-state index in [0.29, 0.717) is 11.4 Å². The van der Waals surface area contributed by atoms with Crippen molar-refractivity contribution in [1.82, 2.24) is 9.78 Å². The van der Waals surface area contributed by atoms with Crippen LogP contribution >= 0.6 is 11.3 Å². The lowest BCUT2D eigenvalue weighted by Crippen LogP contribution is -1.98. The summed E-state index contributed by atoms with van der Waals surface area (Å²) in [4.78, 5) is 11.0. The smallest absolute Gasteiger partial charge is 0.345 e. The molecule has 1 N–H and O–H groups in total. The number of carboxylic acids is 1. The first-order valence-corrected chi connectivity index (χ1v) is 4.92. The summed E-state index contributed by atoms with van der Waals surface area (Å²) in [5.74, 6) is -0.873. The van der Waals surface area contributed by atoms with Crippen molar-refractivity contribution in [3.63, 3.8) is 0 Å². The number of hydrogen-bond acceptors (Lipinski definition) is 3. The zero-order valence-electron chi connectivity index (χ0n) is 7.25. The molecule has 0 saturated carbocycles. The fraction of sp³-hybridized carbons (Fsp3) is 0.111. The fourth-order valence-electron chi connectivity index (χ4n) is 1.15. The molecule has 2 aromatic rings. The molecule has 2 heterocycles. The molecule has 0 atom stereocenters. The quantitative estimate of drug-likeness (QED) is 0.835. The van der Waals surface area contributed by atoms with Gasteiger partial charge >= 0.3 is 5.97 Å². The number of hydrogen-bond donors (Lipinski definition) is 1. The zero-order valence-corrected chi connectivity index (χ0v) is 8.07. The molecule has 14 heavy (non-hydrogen) atoms. The van der Waals surface area contributed by atoms with Crippen LogP contribution in [-0.2, 0) is 6.54 Å². The van der Waals surface area contributed by atoms with Crippen molar-refractivity contribution in [2.24, 2.45) is 0 Å². The minimum Gasteiger partial charge on any atom is -0.477 e. The lowest BCUT2D eigenvalue weighted by Gasteiger charge is -1.96. The number of nitrogens with zero attached hydrogens (tertiary/aromatic N) is 2. The van der Waals surface area contributed by atoms with E-state index in [-0.39, 0.29) is 0 Å². The molecule has 0 aliphatic heterocycles. The minimum absolute atomic E-state index is 0.368. The Morgan fingerprint density at radius 1 is 1.64 bits per heavy atom. The van der Waals surface area contributed by atoms with Gasteiger partial charge in [0.2, 0.25) is 0 Å². The molecule has 0 bridgehead atoms. The molecule has 0 radical (unpaired) electrons. The van der Waals surface area contributed by atoms with E-state index >= 15 is 0 Å². The fourth-order valence-corrected chi connectivity index (χ4v) is 1.89. The number of aromatic carboxylic acids is 1. The maximum absolute atomic E-state index is 10.6. The van der Waals surface area contributed by atoms with Crippen LogP contribution in [0, 0.1) is 0 Å². The van der Waals surface area contributed by atoms with Gasteiger partial charge in [0.05, 0.1) is 6.54 Å². The van der Waals surface area contributed by atoms with Gasteiger partial charge in [0.25, 0.3) is 0 Å². The van der Waals surface area contributed by atoms with E-state index in [4.69, 9.17) is 5.11 Å². The second-order valence-electron chi connectivity index (χ2n) is 2.83. The van der Waals surface area contributed by atoms with Gasteiger partial charge in [0, 0.05) is 12.4 Å². The highest BCUT2D eigenvalue weighted by Gasteiger charge is 2.06. The van der Waals surface area contributed by atoms with Gasteiger partial charge in [-0.2, -0.15) is 5.10 Å². The zero-order chi connectivity index (χ0) is 9.97. The molecule has 4 nitrogen and oxygen atoms in total. The molecule has 0 fully saturated rings. The molecule has 0 spiro atoms. The summed E-state index contributed by atoms with van der Waals surface area (Å²) >= 11 is 1.24. The molecule has 2 rings (SSSR count). The maximum atomic E-state index is 10.6. The van der Waals surface area contributed by atoms with E-state index in [1.165, 1.54) is 11.3 Å². The second kappa shape index (κ2) is 3.63. The van der Waals surface area contributed by atoms with E-state index < -0.39 is 5.97 Å². The SMILES string of the molecule is O=C(O)c1cc(Cn2cccn2)cs1. The Morgan fingerprint density at radius 3 is 3.07 bits per heavy atom. The van der Waals surface area contributed by atoms with Gasteiger partial charge in [0.15, 0.2) is 0 Å². The molecule has 0 amide bonds. The molecule has 5 heteroatoms. The third kappa shape index (κ3) is 1.82. The molecule has 0 aliphatic rings. The Balaban J connectivity index is 2.14. The predicted octanol–water partition coefficient (Wildman–Crippen LogP) is 1.69. The van der Waals surface area contributed by atoms with E-state index in [0.717, 1.165) is 5.56 Å². The van der Waals surface area contributed by atoms with Crippen molar-refractivity contribution in [1.29, 1.82) is 0 Å². The number of thiophene rings is 1. The van der Waals surface area contributed by atoms with Crippen molar-refractivity contribution < 1.29 is 9.90 Å². The van der Waals surface area contributed by atoms with Gasteiger partial charge in [-0.05, 0) is 23.1 Å². The Labute approximate surface area is 84.4 Å². The average molecular weight is 208 g/mol. The van der Waals surface area contributed by atoms with Gasteiger partial charge < -0.3 is 5.11 Å². The normalized spacial score (nSPS) is 10.3. The molecule has 0 saturated heterocycles. The van der Waals surface area contributed by atoms with E-state index in [1.807, 2.05) is 17.6 Å². The summed E-state index contributed by atoms with van der Waals surface area (Å²) in [7, 11) is 0. The van der Waals surface area contributed by atoms with Crippen LogP contribution in [0.25, 0.3) is 0 Å². The summed E-state index contributed by atoms with van der Waals surface area (Å²) in [5.41, 5.74) is 0.969. The molecule has 2 aromatic heterocycles. The monoisotopic (exact) mass is 208 g/mol. The Kier molecular flexibility index (Phi) is 2.32. The number of carbonyl (C=O) groups is 1. The van der Waals surface area contributed by atoms with Gasteiger partial charge in [0.1, 0.15) is 4.88 Å². The van der Waals surface area contributed by atoms with E-state index in [9.17, 15) is 4.79 Å². The molecular weight excluding hydrogens is 200 g/mol. The van der Waals surface area contributed by atoms with Gasteiger partial charge in [-0.25, -0.2) is 4.79 Å². The lowest BCUT2D eigenvalue weighted by molar-refractivity contribution is 0.0702. The lowest BCUT2D eigenvalue weighted by atomic mass is 10.3. The predicted molar refractivity (Wildman–Crippen MR) is 52.6 cm³/mol. The molecule has 72 valence electrons. The Bertz CT molecular complexity index is 433. The van der Waals surface area contributed by atoms with Gasteiger partial charge in [-0.3, -0.25) is 4.68 Å². The van der Waals surface area contributed by atoms with Crippen molar-refractivity contribution >= 4 is 17.3 Å². The van der Waals surface area contributed by atoms with E-state index in [2.05, 4.69) is 5.10 Å². The van der Waals surface area contributed by atoms with Crippen LogP contribution in [0.15, 0.2) is 29.9 Å².